The second kappa shape index (κ2) is 9.10. The second-order valence-electron chi connectivity index (χ2n) is 6.01. The van der Waals surface area contributed by atoms with Crippen LogP contribution in [0.3, 0.4) is 0 Å². The molecule has 0 bridgehead atoms. The van der Waals surface area contributed by atoms with Gasteiger partial charge < -0.3 is 14.8 Å². The van der Waals surface area contributed by atoms with Gasteiger partial charge in [-0.2, -0.15) is 0 Å². The van der Waals surface area contributed by atoms with Crippen LogP contribution in [-0.4, -0.2) is 12.0 Å². The number of hydrogen-bond donors (Lipinski definition) is 1. The summed E-state index contributed by atoms with van der Waals surface area (Å²) in [5.74, 6) is 1.04. The number of hydrogen-bond acceptors (Lipinski definition) is 3. The number of halogens is 1. The van der Waals surface area contributed by atoms with Gasteiger partial charge in [0.1, 0.15) is 18.1 Å². The molecule has 3 rings (SSSR count). The third kappa shape index (κ3) is 5.76. The molecule has 0 saturated carbocycles. The Balaban J connectivity index is 1.51. The highest BCUT2D eigenvalue weighted by molar-refractivity contribution is 6.30. The highest BCUT2D eigenvalue weighted by Crippen LogP contribution is 2.20. The predicted octanol–water partition coefficient (Wildman–Crippen LogP) is 5.33. The molecule has 1 N–H and O–H groups in total. The van der Waals surface area contributed by atoms with Crippen LogP contribution in [-0.2, 0) is 11.4 Å². The first-order valence-corrected chi connectivity index (χ1v) is 8.98. The zero-order valence-electron chi connectivity index (χ0n) is 14.9. The van der Waals surface area contributed by atoms with Gasteiger partial charge in [-0.25, -0.2) is 0 Å². The summed E-state index contributed by atoms with van der Waals surface area (Å²) in [5.41, 5.74) is 1.77. The van der Waals surface area contributed by atoms with Gasteiger partial charge in [0.2, 0.25) is 0 Å². The molecule has 0 spiro atoms. The smallest absolute Gasteiger partial charge is 0.265 e. The fourth-order valence-corrected chi connectivity index (χ4v) is 2.60. The minimum atomic E-state index is -0.655. The molecule has 0 radical (unpaired) electrons. The number of rotatable bonds is 7. The van der Waals surface area contributed by atoms with E-state index in [4.69, 9.17) is 21.1 Å². The molecule has 0 heterocycles. The monoisotopic (exact) mass is 381 g/mol. The zero-order chi connectivity index (χ0) is 19.1. The molecule has 1 atom stereocenters. The lowest BCUT2D eigenvalue weighted by atomic mass is 10.2. The first kappa shape index (κ1) is 18.8. The molecule has 5 heteroatoms. The number of amides is 1. The molecule has 0 aliphatic rings. The molecule has 27 heavy (non-hydrogen) atoms. The van der Waals surface area contributed by atoms with Crippen molar-refractivity contribution in [2.45, 2.75) is 19.6 Å². The fraction of sp³-hybridized carbons (Fsp3) is 0.136. The van der Waals surface area contributed by atoms with Gasteiger partial charge in [-0.05, 0) is 55.0 Å². The summed E-state index contributed by atoms with van der Waals surface area (Å²) in [5, 5.41) is 3.39. The molecular formula is C22H20ClNO3. The van der Waals surface area contributed by atoms with Gasteiger partial charge in [-0.15, -0.1) is 0 Å². The van der Waals surface area contributed by atoms with E-state index in [0.29, 0.717) is 23.1 Å². The van der Waals surface area contributed by atoms with Crippen molar-refractivity contribution in [2.75, 3.05) is 5.32 Å². The Kier molecular flexibility index (Phi) is 6.34. The van der Waals surface area contributed by atoms with Crippen LogP contribution in [0.15, 0.2) is 78.9 Å². The number of carbonyl (C=O) groups is 1. The predicted molar refractivity (Wildman–Crippen MR) is 107 cm³/mol. The van der Waals surface area contributed by atoms with Gasteiger partial charge >= 0.3 is 0 Å². The zero-order valence-corrected chi connectivity index (χ0v) is 15.6. The van der Waals surface area contributed by atoms with Crippen molar-refractivity contribution in [2.24, 2.45) is 0 Å². The minimum absolute atomic E-state index is 0.243. The van der Waals surface area contributed by atoms with Crippen molar-refractivity contribution in [3.63, 3.8) is 0 Å². The van der Waals surface area contributed by atoms with Crippen LogP contribution in [0.25, 0.3) is 0 Å². The third-order valence-corrected chi connectivity index (χ3v) is 4.08. The average Bonchev–Trinajstić information content (AvgIpc) is 2.68. The number of ether oxygens (including phenoxy) is 2. The molecule has 0 fully saturated rings. The quantitative estimate of drug-likeness (QED) is 0.602. The van der Waals surface area contributed by atoms with Gasteiger partial charge in [0, 0.05) is 10.7 Å². The Labute approximate surface area is 163 Å². The third-order valence-electron chi connectivity index (χ3n) is 3.85. The molecule has 0 saturated heterocycles. The number of anilines is 1. The van der Waals surface area contributed by atoms with E-state index in [2.05, 4.69) is 5.32 Å². The van der Waals surface area contributed by atoms with Gasteiger partial charge in [-0.3, -0.25) is 4.79 Å². The average molecular weight is 382 g/mol. The van der Waals surface area contributed by atoms with Crippen molar-refractivity contribution in [1.29, 1.82) is 0 Å². The van der Waals surface area contributed by atoms with Crippen LogP contribution in [0.5, 0.6) is 11.5 Å². The Morgan fingerprint density at radius 2 is 1.70 bits per heavy atom. The molecule has 0 aliphatic carbocycles. The summed E-state index contributed by atoms with van der Waals surface area (Å²) in [6.07, 6.45) is -0.655. The maximum atomic E-state index is 12.3. The summed E-state index contributed by atoms with van der Waals surface area (Å²) in [6.45, 7) is 2.19. The lowest BCUT2D eigenvalue weighted by Crippen LogP contribution is -2.30. The Bertz CT molecular complexity index is 882. The Morgan fingerprint density at radius 3 is 2.41 bits per heavy atom. The molecule has 4 nitrogen and oxygen atoms in total. The SMILES string of the molecule is C[C@H](Oc1cccc(Cl)c1)C(=O)Nc1ccc(OCc2ccccc2)cc1. The summed E-state index contributed by atoms with van der Waals surface area (Å²) in [7, 11) is 0. The minimum Gasteiger partial charge on any atom is -0.489 e. The van der Waals surface area contributed by atoms with E-state index in [1.807, 2.05) is 42.5 Å². The summed E-state index contributed by atoms with van der Waals surface area (Å²) >= 11 is 5.92. The Hall–Kier alpha value is -2.98. The molecule has 3 aromatic rings. The van der Waals surface area contributed by atoms with Crippen molar-refractivity contribution >= 4 is 23.2 Å². The number of benzene rings is 3. The maximum Gasteiger partial charge on any atom is 0.265 e. The van der Waals surface area contributed by atoms with Crippen molar-refractivity contribution in [3.05, 3.63) is 89.4 Å². The number of nitrogens with one attached hydrogen (secondary N) is 1. The maximum absolute atomic E-state index is 12.3. The number of carbonyl (C=O) groups excluding carboxylic acids is 1. The van der Waals surface area contributed by atoms with E-state index in [1.165, 1.54) is 0 Å². The molecule has 1 amide bonds. The fourth-order valence-electron chi connectivity index (χ4n) is 2.42. The molecule has 3 aromatic carbocycles. The van der Waals surface area contributed by atoms with Crippen LogP contribution >= 0.6 is 11.6 Å². The molecular weight excluding hydrogens is 362 g/mol. The van der Waals surface area contributed by atoms with Crippen LogP contribution in [0, 0.1) is 0 Å². The lowest BCUT2D eigenvalue weighted by molar-refractivity contribution is -0.122. The highest BCUT2D eigenvalue weighted by Gasteiger charge is 2.15. The van der Waals surface area contributed by atoms with Crippen LogP contribution < -0.4 is 14.8 Å². The molecule has 0 aliphatic heterocycles. The van der Waals surface area contributed by atoms with Crippen LogP contribution in [0.4, 0.5) is 5.69 Å². The van der Waals surface area contributed by atoms with E-state index in [9.17, 15) is 4.79 Å². The van der Waals surface area contributed by atoms with Gasteiger partial charge in [-0.1, -0.05) is 48.0 Å². The summed E-state index contributed by atoms with van der Waals surface area (Å²) in [4.78, 5) is 12.3. The first-order valence-electron chi connectivity index (χ1n) is 8.60. The largest absolute Gasteiger partial charge is 0.489 e. The van der Waals surface area contributed by atoms with E-state index in [-0.39, 0.29) is 5.91 Å². The van der Waals surface area contributed by atoms with E-state index < -0.39 is 6.10 Å². The van der Waals surface area contributed by atoms with Gasteiger partial charge in [0.15, 0.2) is 6.10 Å². The van der Waals surface area contributed by atoms with Crippen LogP contribution in [0.1, 0.15) is 12.5 Å². The summed E-state index contributed by atoms with van der Waals surface area (Å²) < 4.78 is 11.4. The summed E-state index contributed by atoms with van der Waals surface area (Å²) in [6, 6.07) is 24.1. The molecule has 0 unspecified atom stereocenters. The molecule has 138 valence electrons. The molecule has 0 aromatic heterocycles. The van der Waals surface area contributed by atoms with E-state index in [1.54, 1.807) is 43.3 Å². The van der Waals surface area contributed by atoms with Gasteiger partial charge in [0.25, 0.3) is 5.91 Å². The Morgan fingerprint density at radius 1 is 0.963 bits per heavy atom. The normalized spacial score (nSPS) is 11.5. The van der Waals surface area contributed by atoms with Crippen molar-refractivity contribution in [1.82, 2.24) is 0 Å². The van der Waals surface area contributed by atoms with Crippen LogP contribution in [0.2, 0.25) is 5.02 Å². The lowest BCUT2D eigenvalue weighted by Gasteiger charge is -2.15. The van der Waals surface area contributed by atoms with E-state index >= 15 is 0 Å². The van der Waals surface area contributed by atoms with E-state index in [0.717, 1.165) is 11.3 Å². The van der Waals surface area contributed by atoms with Crippen molar-refractivity contribution < 1.29 is 14.3 Å². The first-order chi connectivity index (χ1) is 13.1. The highest BCUT2D eigenvalue weighted by atomic mass is 35.5. The standard InChI is InChI=1S/C22H20ClNO3/c1-16(27-21-9-5-8-18(23)14-21)22(25)24-19-10-12-20(13-11-19)26-15-17-6-3-2-4-7-17/h2-14,16H,15H2,1H3,(H,24,25)/t16-/m0/s1. The van der Waals surface area contributed by atoms with Gasteiger partial charge in [0.05, 0.1) is 0 Å². The topological polar surface area (TPSA) is 47.6 Å². The van der Waals surface area contributed by atoms with Crippen molar-refractivity contribution in [3.8, 4) is 11.5 Å². The second-order valence-corrected chi connectivity index (χ2v) is 6.44.